The third-order valence-corrected chi connectivity index (χ3v) is 3.52. The minimum absolute atomic E-state index is 0.279. The molecule has 0 amide bonds. The van der Waals surface area contributed by atoms with Crippen molar-refractivity contribution in [3.63, 3.8) is 0 Å². The Morgan fingerprint density at radius 3 is 2.71 bits per heavy atom. The highest BCUT2D eigenvalue weighted by molar-refractivity contribution is 5.60. The van der Waals surface area contributed by atoms with Gasteiger partial charge in [0.1, 0.15) is 5.75 Å². The molecule has 0 spiro atoms. The number of hydrogen-bond donors (Lipinski definition) is 1. The van der Waals surface area contributed by atoms with Gasteiger partial charge in [-0.2, -0.15) is 0 Å². The van der Waals surface area contributed by atoms with Gasteiger partial charge in [0, 0.05) is 17.9 Å². The van der Waals surface area contributed by atoms with Crippen LogP contribution in [0.15, 0.2) is 12.1 Å². The van der Waals surface area contributed by atoms with Crippen molar-refractivity contribution in [2.45, 2.75) is 39.3 Å². The van der Waals surface area contributed by atoms with Crippen LogP contribution in [-0.2, 0) is 4.74 Å². The van der Waals surface area contributed by atoms with Crippen LogP contribution in [0.4, 0.5) is 5.69 Å². The van der Waals surface area contributed by atoms with Crippen LogP contribution in [0, 0.1) is 13.8 Å². The van der Waals surface area contributed by atoms with Crippen molar-refractivity contribution in [3.05, 3.63) is 23.3 Å². The van der Waals surface area contributed by atoms with E-state index in [9.17, 15) is 0 Å². The third kappa shape index (κ3) is 2.39. The molecule has 0 saturated carbocycles. The maximum atomic E-state index is 5.56. The fraction of sp³-hybridized carbons (Fsp3) is 0.571. The van der Waals surface area contributed by atoms with Gasteiger partial charge in [0.15, 0.2) is 0 Å². The Labute approximate surface area is 103 Å². The quantitative estimate of drug-likeness (QED) is 0.873. The summed E-state index contributed by atoms with van der Waals surface area (Å²) in [6.45, 7) is 7.12. The first kappa shape index (κ1) is 12.2. The van der Waals surface area contributed by atoms with Crippen molar-refractivity contribution in [2.24, 2.45) is 0 Å². The molecule has 1 aliphatic heterocycles. The maximum Gasteiger partial charge on any atom is 0.126 e. The lowest BCUT2D eigenvalue weighted by atomic mass is 10.1. The molecule has 94 valence electrons. The molecule has 1 aromatic rings. The Hall–Kier alpha value is -1.22. The summed E-state index contributed by atoms with van der Waals surface area (Å²) in [6, 6.07) is 4.62. The summed E-state index contributed by atoms with van der Waals surface area (Å²) in [7, 11) is 1.72. The van der Waals surface area contributed by atoms with E-state index < -0.39 is 0 Å². The molecule has 3 nitrogen and oxygen atoms in total. The zero-order chi connectivity index (χ0) is 12.4. The van der Waals surface area contributed by atoms with E-state index in [1.807, 2.05) is 0 Å². The molecule has 1 aromatic carbocycles. The van der Waals surface area contributed by atoms with Crippen LogP contribution in [0.3, 0.4) is 0 Å². The molecule has 1 heterocycles. The van der Waals surface area contributed by atoms with Gasteiger partial charge in [-0.25, -0.2) is 0 Å². The minimum Gasteiger partial charge on any atom is -0.496 e. The van der Waals surface area contributed by atoms with Gasteiger partial charge < -0.3 is 14.8 Å². The molecule has 1 N–H and O–H groups in total. The molecule has 2 atom stereocenters. The van der Waals surface area contributed by atoms with E-state index in [1.165, 1.54) is 11.1 Å². The number of rotatable bonds is 3. The average molecular weight is 235 g/mol. The molecule has 1 fully saturated rings. The Bertz CT molecular complexity index is 403. The van der Waals surface area contributed by atoms with Crippen molar-refractivity contribution < 1.29 is 9.47 Å². The molecule has 2 unspecified atom stereocenters. The van der Waals surface area contributed by atoms with Gasteiger partial charge in [0.25, 0.3) is 0 Å². The van der Waals surface area contributed by atoms with Crippen molar-refractivity contribution in [3.8, 4) is 5.75 Å². The van der Waals surface area contributed by atoms with Crippen molar-refractivity contribution >= 4 is 5.69 Å². The van der Waals surface area contributed by atoms with E-state index in [0.29, 0.717) is 6.04 Å². The molecule has 0 aliphatic carbocycles. The van der Waals surface area contributed by atoms with Crippen molar-refractivity contribution in [1.29, 1.82) is 0 Å². The number of ether oxygens (including phenoxy) is 2. The highest BCUT2D eigenvalue weighted by Gasteiger charge is 2.24. The van der Waals surface area contributed by atoms with Gasteiger partial charge in [0.05, 0.1) is 19.3 Å². The second kappa shape index (κ2) is 4.96. The SMILES string of the molecule is COc1c(C)ccc(NC2CCOC2C)c1C. The maximum absolute atomic E-state index is 5.56. The number of methoxy groups -OCH3 is 1. The van der Waals surface area contributed by atoms with Crippen LogP contribution in [-0.4, -0.2) is 25.9 Å². The average Bonchev–Trinajstić information content (AvgIpc) is 2.69. The first-order chi connectivity index (χ1) is 8.13. The fourth-order valence-electron chi connectivity index (χ4n) is 2.42. The first-order valence-corrected chi connectivity index (χ1v) is 6.16. The van der Waals surface area contributed by atoms with Crippen molar-refractivity contribution in [2.75, 3.05) is 19.0 Å². The van der Waals surface area contributed by atoms with Gasteiger partial charge in [-0.15, -0.1) is 0 Å². The van der Waals surface area contributed by atoms with E-state index in [-0.39, 0.29) is 6.10 Å². The van der Waals surface area contributed by atoms with Gasteiger partial charge in [-0.1, -0.05) is 6.07 Å². The molecule has 1 saturated heterocycles. The summed E-state index contributed by atoms with van der Waals surface area (Å²) in [4.78, 5) is 0. The van der Waals surface area contributed by atoms with Gasteiger partial charge in [-0.05, 0) is 38.8 Å². The van der Waals surface area contributed by atoms with Crippen LogP contribution in [0.5, 0.6) is 5.75 Å². The van der Waals surface area contributed by atoms with Gasteiger partial charge >= 0.3 is 0 Å². The van der Waals surface area contributed by atoms with Gasteiger partial charge in [-0.3, -0.25) is 0 Å². The van der Waals surface area contributed by atoms with Gasteiger partial charge in [0.2, 0.25) is 0 Å². The zero-order valence-corrected chi connectivity index (χ0v) is 11.0. The molecule has 0 bridgehead atoms. The molecule has 0 radical (unpaired) electrons. The van der Waals surface area contributed by atoms with Crippen LogP contribution in [0.25, 0.3) is 0 Å². The summed E-state index contributed by atoms with van der Waals surface area (Å²) in [5.41, 5.74) is 3.49. The van der Waals surface area contributed by atoms with Crippen LogP contribution >= 0.6 is 0 Å². The Kier molecular flexibility index (Phi) is 3.57. The number of benzene rings is 1. The summed E-state index contributed by atoms with van der Waals surface area (Å²) in [5.74, 6) is 0.974. The van der Waals surface area contributed by atoms with Crippen molar-refractivity contribution in [1.82, 2.24) is 0 Å². The number of hydrogen-bond acceptors (Lipinski definition) is 3. The topological polar surface area (TPSA) is 30.5 Å². The monoisotopic (exact) mass is 235 g/mol. The standard InChI is InChI=1S/C14H21NO2/c1-9-5-6-12(10(2)14(9)16-4)15-13-7-8-17-11(13)3/h5-6,11,13,15H,7-8H2,1-4H3. The smallest absolute Gasteiger partial charge is 0.126 e. The second-order valence-electron chi connectivity index (χ2n) is 4.70. The lowest BCUT2D eigenvalue weighted by Crippen LogP contribution is -2.27. The zero-order valence-electron chi connectivity index (χ0n) is 11.0. The fourth-order valence-corrected chi connectivity index (χ4v) is 2.42. The molecule has 0 aromatic heterocycles. The summed E-state index contributed by atoms with van der Waals surface area (Å²) in [6.07, 6.45) is 1.35. The van der Waals surface area contributed by atoms with E-state index in [0.717, 1.165) is 24.5 Å². The van der Waals surface area contributed by atoms with Crippen LogP contribution < -0.4 is 10.1 Å². The Morgan fingerprint density at radius 2 is 2.12 bits per heavy atom. The Balaban J connectivity index is 2.21. The molecule has 2 rings (SSSR count). The van der Waals surface area contributed by atoms with E-state index in [4.69, 9.17) is 9.47 Å². The summed E-state index contributed by atoms with van der Waals surface area (Å²) < 4.78 is 11.0. The largest absolute Gasteiger partial charge is 0.496 e. The molecule has 17 heavy (non-hydrogen) atoms. The van der Waals surface area contributed by atoms with Crippen LogP contribution in [0.1, 0.15) is 24.5 Å². The summed E-state index contributed by atoms with van der Waals surface area (Å²) in [5, 5.41) is 3.56. The van der Waals surface area contributed by atoms with E-state index in [2.05, 4.69) is 38.2 Å². The molecular formula is C14H21NO2. The molecular weight excluding hydrogens is 214 g/mol. The lowest BCUT2D eigenvalue weighted by Gasteiger charge is -2.20. The normalized spacial score (nSPS) is 23.8. The number of aryl methyl sites for hydroxylation is 1. The highest BCUT2D eigenvalue weighted by atomic mass is 16.5. The first-order valence-electron chi connectivity index (χ1n) is 6.16. The summed E-state index contributed by atoms with van der Waals surface area (Å²) >= 11 is 0. The van der Waals surface area contributed by atoms with E-state index in [1.54, 1.807) is 7.11 Å². The number of nitrogens with one attached hydrogen (secondary N) is 1. The second-order valence-corrected chi connectivity index (χ2v) is 4.70. The molecule has 3 heteroatoms. The predicted octanol–water partition coefficient (Wildman–Crippen LogP) is 2.90. The van der Waals surface area contributed by atoms with Crippen LogP contribution in [0.2, 0.25) is 0 Å². The predicted molar refractivity (Wildman–Crippen MR) is 69.9 cm³/mol. The third-order valence-electron chi connectivity index (χ3n) is 3.52. The highest BCUT2D eigenvalue weighted by Crippen LogP contribution is 2.30. The number of anilines is 1. The Morgan fingerprint density at radius 1 is 1.35 bits per heavy atom. The minimum atomic E-state index is 0.279. The molecule has 1 aliphatic rings. The lowest BCUT2D eigenvalue weighted by molar-refractivity contribution is 0.121. The van der Waals surface area contributed by atoms with E-state index >= 15 is 0 Å².